The summed E-state index contributed by atoms with van der Waals surface area (Å²) in [6.45, 7) is 0. The molecular formula is C8H8O4Si2. The molecule has 1 aromatic rings. The normalized spacial score (nSPS) is 15.1. The first-order valence-corrected chi connectivity index (χ1v) is 6.21. The van der Waals surface area contributed by atoms with Crippen LogP contribution in [0.1, 0.15) is 20.7 Å². The third-order valence-corrected chi connectivity index (χ3v) is 3.95. The van der Waals surface area contributed by atoms with E-state index < -0.39 is 21.7 Å². The van der Waals surface area contributed by atoms with Crippen LogP contribution in [0.5, 0.6) is 0 Å². The molecule has 72 valence electrons. The molecule has 0 fully saturated rings. The molecule has 4 nitrogen and oxygen atoms in total. The highest BCUT2D eigenvalue weighted by Gasteiger charge is 2.29. The summed E-state index contributed by atoms with van der Waals surface area (Å²) in [6, 6.07) is 5.15. The molecule has 1 aliphatic heterocycles. The predicted molar refractivity (Wildman–Crippen MR) is 55.4 cm³/mol. The Balaban J connectivity index is 2.44. The fourth-order valence-electron chi connectivity index (χ4n) is 1.39. The van der Waals surface area contributed by atoms with Crippen molar-refractivity contribution in [1.82, 2.24) is 0 Å². The molecule has 0 aromatic heterocycles. The van der Waals surface area contributed by atoms with Gasteiger partial charge in [-0.3, -0.25) is 0 Å². The maximum absolute atomic E-state index is 11.2. The molecule has 1 aromatic carbocycles. The Labute approximate surface area is 85.7 Å². The van der Waals surface area contributed by atoms with Gasteiger partial charge in [-0.25, -0.2) is 9.59 Å². The maximum Gasteiger partial charge on any atom is 0.346 e. The van der Waals surface area contributed by atoms with E-state index in [9.17, 15) is 9.59 Å². The molecule has 0 unspecified atom stereocenters. The molecule has 0 bridgehead atoms. The molecule has 0 radical (unpaired) electrons. The van der Waals surface area contributed by atoms with Crippen molar-refractivity contribution >= 4 is 37.4 Å². The summed E-state index contributed by atoms with van der Waals surface area (Å²) in [5, 5.41) is 1.02. The van der Waals surface area contributed by atoms with E-state index >= 15 is 0 Å². The summed E-state index contributed by atoms with van der Waals surface area (Å²) < 4.78 is 9.66. The highest BCUT2D eigenvalue weighted by molar-refractivity contribution is 6.51. The minimum Gasteiger partial charge on any atom is -0.465 e. The Kier molecular flexibility index (Phi) is 2.32. The number of carbonyl (C=O) groups excluding carboxylic acids is 2. The number of rotatable bonds is 2. The number of benzene rings is 1. The van der Waals surface area contributed by atoms with E-state index in [1.165, 1.54) is 0 Å². The average Bonchev–Trinajstić information content (AvgIpc) is 2.43. The minimum absolute atomic E-state index is 0.362. The van der Waals surface area contributed by atoms with Gasteiger partial charge < -0.3 is 8.85 Å². The number of hydrogen-bond donors (Lipinski definition) is 0. The molecule has 2 rings (SSSR count). The number of esters is 2. The van der Waals surface area contributed by atoms with Crippen LogP contribution in [-0.2, 0) is 8.85 Å². The first-order chi connectivity index (χ1) is 6.72. The van der Waals surface area contributed by atoms with E-state index in [1.54, 1.807) is 12.1 Å². The second-order valence-corrected chi connectivity index (χ2v) is 6.40. The highest BCUT2D eigenvalue weighted by atomic mass is 28.3. The average molecular weight is 224 g/mol. The lowest BCUT2D eigenvalue weighted by Gasteiger charge is -1.99. The summed E-state index contributed by atoms with van der Waals surface area (Å²) in [5.41, 5.74) is 0.736. The van der Waals surface area contributed by atoms with Crippen molar-refractivity contribution in [2.45, 2.75) is 0 Å². The molecule has 0 saturated carbocycles. The van der Waals surface area contributed by atoms with Crippen molar-refractivity contribution in [3.8, 4) is 0 Å². The van der Waals surface area contributed by atoms with Crippen LogP contribution < -0.4 is 5.19 Å². The second-order valence-electron chi connectivity index (χ2n) is 2.99. The van der Waals surface area contributed by atoms with Gasteiger partial charge in [0.15, 0.2) is 9.76 Å². The van der Waals surface area contributed by atoms with Gasteiger partial charge in [0.05, 0.1) is 11.1 Å². The van der Waals surface area contributed by atoms with Gasteiger partial charge in [-0.1, -0.05) is 6.07 Å². The third kappa shape index (κ3) is 1.43. The number of fused-ring (bicyclic) bond motifs is 1. The van der Waals surface area contributed by atoms with E-state index in [0.717, 1.165) is 5.19 Å². The van der Waals surface area contributed by atoms with Gasteiger partial charge in [-0.15, -0.1) is 0 Å². The van der Waals surface area contributed by atoms with Crippen molar-refractivity contribution in [3.05, 3.63) is 29.3 Å². The van der Waals surface area contributed by atoms with Crippen LogP contribution in [-0.4, -0.2) is 32.2 Å². The zero-order chi connectivity index (χ0) is 10.1. The smallest absolute Gasteiger partial charge is 0.346 e. The predicted octanol–water partition coefficient (Wildman–Crippen LogP) is -2.00. The summed E-state index contributed by atoms with van der Waals surface area (Å²) in [5.74, 6) is -1.10. The fraction of sp³-hybridized carbons (Fsp3) is 0. The molecule has 6 heteroatoms. The van der Waals surface area contributed by atoms with Crippen molar-refractivity contribution in [3.63, 3.8) is 0 Å². The quantitative estimate of drug-likeness (QED) is 0.331. The summed E-state index contributed by atoms with van der Waals surface area (Å²) >= 11 is 0. The molecule has 0 aliphatic carbocycles. The SMILES string of the molecule is O=C1OC(=O)c2cc([SiH2]O[SiH3])ccc21. The van der Waals surface area contributed by atoms with Gasteiger partial charge in [0.25, 0.3) is 0 Å². The molecule has 1 heterocycles. The minimum atomic E-state index is -0.717. The summed E-state index contributed by atoms with van der Waals surface area (Å²) in [4.78, 5) is 22.3. The Hall–Kier alpha value is -1.25. The van der Waals surface area contributed by atoms with Crippen molar-refractivity contribution in [2.24, 2.45) is 0 Å². The topological polar surface area (TPSA) is 52.6 Å². The van der Waals surface area contributed by atoms with Crippen LogP contribution in [0.3, 0.4) is 0 Å². The van der Waals surface area contributed by atoms with Crippen LogP contribution in [0, 0.1) is 0 Å². The van der Waals surface area contributed by atoms with Gasteiger partial charge in [0.2, 0.25) is 0 Å². The van der Waals surface area contributed by atoms with E-state index in [1.807, 2.05) is 6.07 Å². The molecule has 0 amide bonds. The Morgan fingerprint density at radius 3 is 2.64 bits per heavy atom. The van der Waals surface area contributed by atoms with Crippen molar-refractivity contribution in [2.75, 3.05) is 0 Å². The van der Waals surface area contributed by atoms with Gasteiger partial charge in [-0.2, -0.15) is 0 Å². The number of hydrogen-bond acceptors (Lipinski definition) is 4. The highest BCUT2D eigenvalue weighted by Crippen LogP contribution is 2.17. The zero-order valence-corrected chi connectivity index (χ0v) is 11.0. The van der Waals surface area contributed by atoms with E-state index in [-0.39, 0.29) is 0 Å². The molecule has 0 N–H and O–H groups in total. The van der Waals surface area contributed by atoms with E-state index in [2.05, 4.69) is 4.74 Å². The van der Waals surface area contributed by atoms with E-state index in [0.29, 0.717) is 21.6 Å². The molecule has 14 heavy (non-hydrogen) atoms. The van der Waals surface area contributed by atoms with Gasteiger partial charge in [0.1, 0.15) is 10.5 Å². The lowest BCUT2D eigenvalue weighted by molar-refractivity contribution is 0.0444. The standard InChI is InChI=1S/C8H8O4Si2/c9-7-5-2-1-4(14-12-13)3-6(5)8(10)11-7/h1-3H,14H2,13H3. The molecule has 0 atom stereocenters. The molecular weight excluding hydrogens is 216 g/mol. The third-order valence-electron chi connectivity index (χ3n) is 2.02. The molecule has 0 spiro atoms. The molecule has 0 saturated heterocycles. The zero-order valence-electron chi connectivity index (χ0n) is 7.57. The van der Waals surface area contributed by atoms with Gasteiger partial charge >= 0.3 is 11.9 Å². The monoisotopic (exact) mass is 224 g/mol. The largest absolute Gasteiger partial charge is 0.465 e. The lowest BCUT2D eigenvalue weighted by atomic mass is 10.1. The van der Waals surface area contributed by atoms with Crippen molar-refractivity contribution in [1.29, 1.82) is 0 Å². The Bertz CT molecular complexity index is 416. The number of ether oxygens (including phenoxy) is 1. The van der Waals surface area contributed by atoms with Crippen LogP contribution in [0.15, 0.2) is 18.2 Å². The van der Waals surface area contributed by atoms with Crippen molar-refractivity contribution < 1.29 is 18.4 Å². The maximum atomic E-state index is 11.2. The summed E-state index contributed by atoms with van der Waals surface area (Å²) in [7, 11) is -0.0107. The Morgan fingerprint density at radius 1 is 1.21 bits per heavy atom. The number of carbonyl (C=O) groups is 2. The fourth-order valence-corrected chi connectivity index (χ4v) is 3.22. The van der Waals surface area contributed by atoms with Crippen LogP contribution in [0.4, 0.5) is 0 Å². The second kappa shape index (κ2) is 3.48. The first kappa shape index (κ1) is 9.31. The molecule has 1 aliphatic rings. The van der Waals surface area contributed by atoms with Crippen LogP contribution in [0.25, 0.3) is 0 Å². The van der Waals surface area contributed by atoms with Gasteiger partial charge in [-0.05, 0) is 17.3 Å². The summed E-state index contributed by atoms with van der Waals surface area (Å²) in [6.07, 6.45) is 0. The first-order valence-electron chi connectivity index (χ1n) is 4.11. The Morgan fingerprint density at radius 2 is 1.93 bits per heavy atom. The van der Waals surface area contributed by atoms with E-state index in [4.69, 9.17) is 4.12 Å². The van der Waals surface area contributed by atoms with Crippen LogP contribution in [0.2, 0.25) is 0 Å². The van der Waals surface area contributed by atoms with Gasteiger partial charge in [0, 0.05) is 0 Å². The lowest BCUT2D eigenvalue weighted by Crippen LogP contribution is -2.17. The van der Waals surface area contributed by atoms with Crippen LogP contribution >= 0.6 is 0 Å². The number of cyclic esters (lactones) is 2.